The Labute approximate surface area is 211 Å². The molecule has 0 radical (unpaired) electrons. The number of nitrogen functional groups attached to an aromatic ring is 1. The summed E-state index contributed by atoms with van der Waals surface area (Å²) in [7, 11) is 3.65. The number of anilines is 2. The number of pyridine rings is 2. The van der Waals surface area contributed by atoms with Gasteiger partial charge in [0.05, 0.1) is 22.3 Å². The van der Waals surface area contributed by atoms with Crippen molar-refractivity contribution in [2.75, 3.05) is 37.8 Å². The highest BCUT2D eigenvalue weighted by Gasteiger charge is 2.42. The number of rotatable bonds is 5. The van der Waals surface area contributed by atoms with Gasteiger partial charge in [-0.3, -0.25) is 4.99 Å². The maximum atomic E-state index is 14.7. The Morgan fingerprint density at radius 3 is 2.61 bits per heavy atom. The largest absolute Gasteiger partial charge is 0.398 e. The number of nitrogens with one attached hydrogen (secondary N) is 1. The molecule has 1 saturated heterocycles. The van der Waals surface area contributed by atoms with Crippen molar-refractivity contribution in [3.8, 4) is 11.3 Å². The van der Waals surface area contributed by atoms with Gasteiger partial charge in [-0.1, -0.05) is 31.2 Å². The van der Waals surface area contributed by atoms with E-state index in [0.29, 0.717) is 5.69 Å². The van der Waals surface area contributed by atoms with E-state index in [1.54, 1.807) is 25.4 Å². The Balaban J connectivity index is 1.40. The van der Waals surface area contributed by atoms with Gasteiger partial charge in [0.1, 0.15) is 11.6 Å². The van der Waals surface area contributed by atoms with Crippen LogP contribution in [-0.2, 0) is 5.54 Å². The van der Waals surface area contributed by atoms with Crippen LogP contribution in [0.1, 0.15) is 24.5 Å². The maximum absolute atomic E-state index is 14.7. The lowest BCUT2D eigenvalue weighted by molar-refractivity contribution is 0.190. The molecule has 7 heteroatoms. The first-order valence-corrected chi connectivity index (χ1v) is 12.2. The lowest BCUT2D eigenvalue weighted by atomic mass is 9.73. The molecule has 1 aliphatic heterocycles. The highest BCUT2D eigenvalue weighted by Crippen LogP contribution is 2.39. The quantitative estimate of drug-likeness (QED) is 0.308. The molecular weight excluding hydrogens is 451 g/mol. The lowest BCUT2D eigenvalue weighted by Crippen LogP contribution is -2.56. The average molecular weight is 483 g/mol. The molecule has 0 aliphatic carbocycles. The number of aromatic nitrogens is 2. The van der Waals surface area contributed by atoms with Crippen LogP contribution in [0.25, 0.3) is 22.3 Å². The number of benzene rings is 2. The van der Waals surface area contributed by atoms with Crippen molar-refractivity contribution in [3.05, 3.63) is 83.7 Å². The number of hydrogen-bond acceptors (Lipinski definition) is 6. The van der Waals surface area contributed by atoms with E-state index in [1.807, 2.05) is 61.6 Å². The van der Waals surface area contributed by atoms with E-state index in [9.17, 15) is 4.39 Å². The molecule has 4 aromatic rings. The molecule has 0 bridgehead atoms. The van der Waals surface area contributed by atoms with Crippen LogP contribution in [0.4, 0.5) is 15.9 Å². The molecule has 0 saturated carbocycles. The average Bonchev–Trinajstić information content (AvgIpc) is 2.90. The van der Waals surface area contributed by atoms with E-state index in [1.165, 1.54) is 0 Å². The summed E-state index contributed by atoms with van der Waals surface area (Å²) in [5.74, 6) is 0.932. The Morgan fingerprint density at radius 1 is 1.08 bits per heavy atom. The van der Waals surface area contributed by atoms with E-state index in [0.717, 1.165) is 58.7 Å². The van der Waals surface area contributed by atoms with Crippen molar-refractivity contribution >= 4 is 28.8 Å². The number of fused-ring (bicyclic) bond motifs is 1. The zero-order valence-corrected chi connectivity index (χ0v) is 20.9. The highest BCUT2D eigenvalue weighted by molar-refractivity contribution is 5.89. The van der Waals surface area contributed by atoms with Crippen LogP contribution in [-0.4, -0.2) is 43.4 Å². The van der Waals surface area contributed by atoms with Gasteiger partial charge in [0.15, 0.2) is 0 Å². The predicted molar refractivity (Wildman–Crippen MR) is 146 cm³/mol. The van der Waals surface area contributed by atoms with Gasteiger partial charge in [-0.2, -0.15) is 0 Å². The molecule has 5 rings (SSSR count). The van der Waals surface area contributed by atoms with E-state index in [-0.39, 0.29) is 11.7 Å². The fraction of sp³-hybridized carbons (Fsp3) is 0.276. The van der Waals surface area contributed by atoms with E-state index in [4.69, 9.17) is 15.7 Å². The number of hydrogen-bond donors (Lipinski definition) is 2. The normalized spacial score (nSPS) is 20.3. The van der Waals surface area contributed by atoms with Gasteiger partial charge < -0.3 is 16.0 Å². The Bertz CT molecular complexity index is 1430. The van der Waals surface area contributed by atoms with Crippen LogP contribution in [0.5, 0.6) is 0 Å². The second kappa shape index (κ2) is 9.66. The first kappa shape index (κ1) is 23.9. The van der Waals surface area contributed by atoms with Crippen LogP contribution in [0.15, 0.2) is 71.7 Å². The fourth-order valence-corrected chi connectivity index (χ4v) is 5.39. The Morgan fingerprint density at radius 2 is 1.86 bits per heavy atom. The van der Waals surface area contributed by atoms with Gasteiger partial charge in [0.2, 0.25) is 0 Å². The molecule has 1 fully saturated rings. The van der Waals surface area contributed by atoms with Gasteiger partial charge in [0, 0.05) is 48.7 Å². The third-order valence-corrected chi connectivity index (χ3v) is 7.41. The first-order chi connectivity index (χ1) is 17.4. The number of halogens is 1. The summed E-state index contributed by atoms with van der Waals surface area (Å²) in [5.41, 5.74) is 11.5. The molecule has 3 N–H and O–H groups in total. The summed E-state index contributed by atoms with van der Waals surface area (Å²) >= 11 is 0. The molecule has 2 atom stereocenters. The van der Waals surface area contributed by atoms with Crippen molar-refractivity contribution in [1.82, 2.24) is 15.3 Å². The first-order valence-electron chi connectivity index (χ1n) is 12.2. The van der Waals surface area contributed by atoms with Gasteiger partial charge in [0.25, 0.3) is 0 Å². The molecule has 184 valence electrons. The number of nitrogens with two attached hydrogens (primary N) is 1. The molecule has 0 amide bonds. The summed E-state index contributed by atoms with van der Waals surface area (Å²) in [6.45, 7) is 3.72. The fourth-order valence-electron chi connectivity index (χ4n) is 5.39. The number of piperidine rings is 1. The minimum absolute atomic E-state index is 0.159. The van der Waals surface area contributed by atoms with Gasteiger partial charge in [-0.25, -0.2) is 14.4 Å². The molecule has 6 nitrogen and oxygen atoms in total. The van der Waals surface area contributed by atoms with Gasteiger partial charge >= 0.3 is 0 Å². The molecule has 2 aromatic heterocycles. The van der Waals surface area contributed by atoms with Crippen LogP contribution >= 0.6 is 0 Å². The summed E-state index contributed by atoms with van der Waals surface area (Å²) in [4.78, 5) is 16.1. The smallest absolute Gasteiger partial charge is 0.129 e. The van der Waals surface area contributed by atoms with Crippen LogP contribution < -0.4 is 16.0 Å². The van der Waals surface area contributed by atoms with E-state index >= 15 is 0 Å². The summed E-state index contributed by atoms with van der Waals surface area (Å²) in [5, 5.41) is 3.45. The minimum atomic E-state index is -0.407. The summed E-state index contributed by atoms with van der Waals surface area (Å²) in [6.07, 6.45) is 2.53. The molecule has 2 unspecified atom stereocenters. The van der Waals surface area contributed by atoms with Gasteiger partial charge in [-0.15, -0.1) is 0 Å². The second-order valence-corrected chi connectivity index (χ2v) is 9.43. The zero-order chi connectivity index (χ0) is 25.3. The van der Waals surface area contributed by atoms with Crippen molar-refractivity contribution in [2.45, 2.75) is 18.9 Å². The molecule has 1 aliphatic rings. The summed E-state index contributed by atoms with van der Waals surface area (Å²) < 4.78 is 14.7. The van der Waals surface area contributed by atoms with Crippen molar-refractivity contribution in [1.29, 1.82) is 0 Å². The van der Waals surface area contributed by atoms with Crippen LogP contribution in [0.3, 0.4) is 0 Å². The van der Waals surface area contributed by atoms with E-state index < -0.39 is 5.54 Å². The zero-order valence-electron chi connectivity index (χ0n) is 20.9. The predicted octanol–water partition coefficient (Wildman–Crippen LogP) is 5.03. The topological polar surface area (TPSA) is 79.4 Å². The SMILES string of the molecule is CN=Cc1cc(-c2ccc3nc(N4CCC(NC)(c5ccccc5F)C(C)C4)ccc3n2)ccc1N. The molecule has 3 heterocycles. The lowest BCUT2D eigenvalue weighted by Gasteiger charge is -2.47. The van der Waals surface area contributed by atoms with Crippen molar-refractivity contribution < 1.29 is 4.39 Å². The Hall–Kier alpha value is -3.84. The molecule has 36 heavy (non-hydrogen) atoms. The maximum Gasteiger partial charge on any atom is 0.129 e. The second-order valence-electron chi connectivity index (χ2n) is 9.43. The van der Waals surface area contributed by atoms with Crippen LogP contribution in [0, 0.1) is 11.7 Å². The van der Waals surface area contributed by atoms with Crippen molar-refractivity contribution in [3.63, 3.8) is 0 Å². The Kier molecular flexibility index (Phi) is 6.41. The van der Waals surface area contributed by atoms with Crippen LogP contribution in [0.2, 0.25) is 0 Å². The molecular formula is C29H31FN6. The standard InChI is InChI=1S/C29H31FN6/c1-19-18-36(15-14-29(19,33-3)22-6-4-5-7-23(22)30)28-13-12-26-27(35-28)11-10-25(34-26)20-8-9-24(31)21(16-20)17-32-2/h4-13,16-17,19,33H,14-15,18,31H2,1-3H3. The third-order valence-electron chi connectivity index (χ3n) is 7.41. The minimum Gasteiger partial charge on any atom is -0.398 e. The van der Waals surface area contributed by atoms with Crippen molar-refractivity contribution in [2.24, 2.45) is 10.9 Å². The van der Waals surface area contributed by atoms with E-state index in [2.05, 4.69) is 22.1 Å². The number of aliphatic imine (C=N–C) groups is 1. The monoisotopic (exact) mass is 482 g/mol. The highest BCUT2D eigenvalue weighted by atomic mass is 19.1. The summed E-state index contributed by atoms with van der Waals surface area (Å²) in [6, 6.07) is 21.0. The number of nitrogens with zero attached hydrogens (tertiary/aromatic N) is 4. The van der Waals surface area contributed by atoms with Gasteiger partial charge in [-0.05, 0) is 61.9 Å². The molecule has 2 aromatic carbocycles. The third kappa shape index (κ3) is 4.20. The molecule has 0 spiro atoms.